The van der Waals surface area contributed by atoms with Gasteiger partial charge in [0, 0.05) is 6.54 Å². The average Bonchev–Trinajstić information content (AvgIpc) is 2.82. The molecule has 0 amide bonds. The molecule has 0 aliphatic heterocycles. The quantitative estimate of drug-likeness (QED) is 0.821. The van der Waals surface area contributed by atoms with Gasteiger partial charge in [0.1, 0.15) is 12.2 Å². The van der Waals surface area contributed by atoms with E-state index in [4.69, 9.17) is 4.74 Å². The van der Waals surface area contributed by atoms with Crippen LogP contribution in [0.15, 0.2) is 15.7 Å². The van der Waals surface area contributed by atoms with E-state index < -0.39 is 0 Å². The number of hydrogen-bond donors (Lipinski definition) is 1. The van der Waals surface area contributed by atoms with Gasteiger partial charge >= 0.3 is 0 Å². The molecule has 0 aliphatic rings. The first kappa shape index (κ1) is 14.0. The molecule has 0 saturated carbocycles. The number of rotatable bonds is 6. The maximum absolute atomic E-state index is 5.40. The summed E-state index contributed by atoms with van der Waals surface area (Å²) in [7, 11) is 1.62. The molecule has 0 aliphatic carbocycles. The van der Waals surface area contributed by atoms with Crippen molar-refractivity contribution in [3.63, 3.8) is 0 Å². The number of ether oxygens (including phenoxy) is 1. The Morgan fingerprint density at radius 1 is 1.42 bits per heavy atom. The minimum atomic E-state index is 0.647. The first-order chi connectivity index (χ1) is 9.24. The molecule has 2 heterocycles. The molecule has 0 unspecified atom stereocenters. The monoisotopic (exact) mass is 297 g/mol. The van der Waals surface area contributed by atoms with Crippen LogP contribution in [0.1, 0.15) is 19.2 Å². The number of aryl methyl sites for hydroxylation is 1. The Morgan fingerprint density at radius 3 is 2.89 bits per heavy atom. The summed E-state index contributed by atoms with van der Waals surface area (Å²) in [5.41, 5.74) is 0. The van der Waals surface area contributed by atoms with Crippen LogP contribution < -0.4 is 10.1 Å². The summed E-state index contributed by atoms with van der Waals surface area (Å²) in [6.45, 7) is 4.81. The zero-order chi connectivity index (χ0) is 13.7. The van der Waals surface area contributed by atoms with Crippen molar-refractivity contribution in [2.75, 3.05) is 19.0 Å². The van der Waals surface area contributed by atoms with Crippen LogP contribution in [0.2, 0.25) is 0 Å². The van der Waals surface area contributed by atoms with Crippen molar-refractivity contribution in [3.05, 3.63) is 12.2 Å². The maximum atomic E-state index is 5.40. The third-order valence-electron chi connectivity index (χ3n) is 2.21. The van der Waals surface area contributed by atoms with Crippen molar-refractivity contribution in [2.24, 2.45) is 0 Å². The van der Waals surface area contributed by atoms with Gasteiger partial charge in [-0.2, -0.15) is 4.37 Å². The van der Waals surface area contributed by atoms with Gasteiger partial charge < -0.3 is 10.1 Å². The summed E-state index contributed by atoms with van der Waals surface area (Å²) in [6, 6.07) is 0. The number of aromatic nitrogens is 4. The largest absolute Gasteiger partial charge is 0.490 e. The maximum Gasteiger partial charge on any atom is 0.194 e. The van der Waals surface area contributed by atoms with Crippen LogP contribution in [-0.2, 0) is 0 Å². The summed E-state index contributed by atoms with van der Waals surface area (Å²) in [4.78, 5) is 12.8. The number of nitrogens with zero attached hydrogens (tertiary/aromatic N) is 4. The van der Waals surface area contributed by atoms with Gasteiger partial charge in [0.05, 0.1) is 7.11 Å². The van der Waals surface area contributed by atoms with E-state index in [0.717, 1.165) is 28.2 Å². The molecular weight excluding hydrogens is 282 g/mol. The van der Waals surface area contributed by atoms with E-state index in [1.807, 2.05) is 6.92 Å². The van der Waals surface area contributed by atoms with E-state index in [0.29, 0.717) is 11.6 Å². The van der Waals surface area contributed by atoms with Crippen LogP contribution in [0, 0.1) is 6.92 Å². The zero-order valence-electron chi connectivity index (χ0n) is 11.0. The first-order valence-electron chi connectivity index (χ1n) is 5.85. The topological polar surface area (TPSA) is 72.8 Å². The van der Waals surface area contributed by atoms with Crippen molar-refractivity contribution in [2.45, 2.75) is 29.6 Å². The zero-order valence-corrected chi connectivity index (χ0v) is 12.6. The standard InChI is InChI=1S/C11H15N5OS2/c1-4-5-12-9-8(17-3)10(14-6-13-9)18-11-15-7(2)16-19-11/h6H,4-5H2,1-3H3,(H,12,13,14). The summed E-state index contributed by atoms with van der Waals surface area (Å²) >= 11 is 2.79. The Hall–Kier alpha value is -1.41. The highest BCUT2D eigenvalue weighted by atomic mass is 32.2. The molecule has 2 rings (SSSR count). The van der Waals surface area contributed by atoms with Crippen LogP contribution in [0.5, 0.6) is 5.75 Å². The highest BCUT2D eigenvalue weighted by Crippen LogP contribution is 2.37. The van der Waals surface area contributed by atoms with E-state index in [1.165, 1.54) is 29.6 Å². The van der Waals surface area contributed by atoms with Gasteiger partial charge in [0.25, 0.3) is 0 Å². The molecule has 102 valence electrons. The van der Waals surface area contributed by atoms with Crippen molar-refractivity contribution in [3.8, 4) is 5.75 Å². The lowest BCUT2D eigenvalue weighted by atomic mass is 10.4. The van der Waals surface area contributed by atoms with Gasteiger partial charge in [0.15, 0.2) is 20.9 Å². The normalized spacial score (nSPS) is 10.5. The fourth-order valence-electron chi connectivity index (χ4n) is 1.39. The molecule has 1 N–H and O–H groups in total. The number of nitrogens with one attached hydrogen (secondary N) is 1. The van der Waals surface area contributed by atoms with Gasteiger partial charge in [-0.15, -0.1) is 0 Å². The van der Waals surface area contributed by atoms with Crippen LogP contribution in [0.25, 0.3) is 0 Å². The second-order valence-corrected chi connectivity index (χ2v) is 5.68. The molecule has 0 spiro atoms. The number of methoxy groups -OCH3 is 1. The first-order valence-corrected chi connectivity index (χ1v) is 7.44. The predicted molar refractivity (Wildman–Crippen MR) is 76.1 cm³/mol. The van der Waals surface area contributed by atoms with Crippen molar-refractivity contribution in [1.82, 2.24) is 19.3 Å². The molecule has 0 bridgehead atoms. The molecule has 0 radical (unpaired) electrons. The fourth-order valence-corrected chi connectivity index (χ4v) is 3.02. The highest BCUT2D eigenvalue weighted by Gasteiger charge is 2.14. The van der Waals surface area contributed by atoms with Gasteiger partial charge in [-0.3, -0.25) is 0 Å². The lowest BCUT2D eigenvalue weighted by Gasteiger charge is -2.11. The highest BCUT2D eigenvalue weighted by molar-refractivity contribution is 8.01. The molecule has 2 aromatic rings. The molecule has 2 aromatic heterocycles. The van der Waals surface area contributed by atoms with E-state index in [-0.39, 0.29) is 0 Å². The van der Waals surface area contributed by atoms with Crippen LogP contribution in [0.4, 0.5) is 5.82 Å². The number of hydrogen-bond acceptors (Lipinski definition) is 8. The lowest BCUT2D eigenvalue weighted by molar-refractivity contribution is 0.400. The molecule has 0 fully saturated rings. The minimum absolute atomic E-state index is 0.647. The van der Waals surface area contributed by atoms with Gasteiger partial charge in [-0.1, -0.05) is 6.92 Å². The summed E-state index contributed by atoms with van der Waals surface area (Å²) in [5.74, 6) is 2.13. The van der Waals surface area contributed by atoms with Crippen LogP contribution >= 0.6 is 23.3 Å². The third kappa shape index (κ3) is 3.54. The Morgan fingerprint density at radius 2 is 2.26 bits per heavy atom. The molecule has 8 heteroatoms. The minimum Gasteiger partial charge on any atom is -0.490 e. The Kier molecular flexibility index (Phi) is 4.92. The van der Waals surface area contributed by atoms with Gasteiger partial charge in [-0.05, 0) is 36.6 Å². The van der Waals surface area contributed by atoms with Crippen LogP contribution in [-0.4, -0.2) is 33.0 Å². The van der Waals surface area contributed by atoms with E-state index in [9.17, 15) is 0 Å². The lowest BCUT2D eigenvalue weighted by Crippen LogP contribution is -2.05. The second-order valence-electron chi connectivity index (χ2n) is 3.70. The summed E-state index contributed by atoms with van der Waals surface area (Å²) in [6.07, 6.45) is 2.54. The predicted octanol–water partition coefficient (Wildman–Crippen LogP) is 2.62. The van der Waals surface area contributed by atoms with Crippen LogP contribution in [0.3, 0.4) is 0 Å². The molecular formula is C11H15N5OS2. The Balaban J connectivity index is 2.24. The molecule has 6 nitrogen and oxygen atoms in total. The molecule has 0 saturated heterocycles. The average molecular weight is 297 g/mol. The van der Waals surface area contributed by atoms with E-state index in [1.54, 1.807) is 7.11 Å². The number of anilines is 1. The SMILES string of the molecule is CCCNc1ncnc(Sc2nc(C)ns2)c1OC. The molecule has 19 heavy (non-hydrogen) atoms. The molecule has 0 atom stereocenters. The van der Waals surface area contributed by atoms with Gasteiger partial charge in [0.2, 0.25) is 0 Å². The van der Waals surface area contributed by atoms with Crippen molar-refractivity contribution in [1.29, 1.82) is 0 Å². The molecule has 0 aromatic carbocycles. The fraction of sp³-hybridized carbons (Fsp3) is 0.455. The van der Waals surface area contributed by atoms with Gasteiger partial charge in [-0.25, -0.2) is 15.0 Å². The van der Waals surface area contributed by atoms with Crippen molar-refractivity contribution >= 4 is 29.1 Å². The second kappa shape index (κ2) is 6.67. The van der Waals surface area contributed by atoms with E-state index >= 15 is 0 Å². The Bertz CT molecular complexity index is 546. The summed E-state index contributed by atoms with van der Waals surface area (Å²) in [5, 5.41) is 3.97. The third-order valence-corrected chi connectivity index (χ3v) is 4.04. The smallest absolute Gasteiger partial charge is 0.194 e. The van der Waals surface area contributed by atoms with Crippen molar-refractivity contribution < 1.29 is 4.74 Å². The summed E-state index contributed by atoms with van der Waals surface area (Å²) < 4.78 is 10.4. The van der Waals surface area contributed by atoms with E-state index in [2.05, 4.69) is 31.6 Å². The Labute approximate surface area is 120 Å².